The van der Waals surface area contributed by atoms with E-state index in [0.717, 1.165) is 31.8 Å². The molecule has 4 rings (SSSR count). The molecule has 1 atom stereocenters. The van der Waals surface area contributed by atoms with Crippen LogP contribution in [0.1, 0.15) is 30.4 Å². The van der Waals surface area contributed by atoms with E-state index in [1.54, 1.807) is 25.3 Å². The number of aromatic nitrogens is 4. The van der Waals surface area contributed by atoms with E-state index in [4.69, 9.17) is 13.5 Å². The largest absolute Gasteiger partial charge is 0.461 e. The van der Waals surface area contributed by atoms with Crippen molar-refractivity contribution in [1.29, 1.82) is 0 Å². The normalized spacial score (nSPS) is 18.7. The maximum atomic E-state index is 5.28. The van der Waals surface area contributed by atoms with Crippen molar-refractivity contribution in [2.75, 3.05) is 13.1 Å². The predicted molar refractivity (Wildman–Crippen MR) is 86.2 cm³/mol. The van der Waals surface area contributed by atoms with Gasteiger partial charge in [0, 0.05) is 19.5 Å². The Morgan fingerprint density at radius 2 is 2.24 bits per heavy atom. The molecule has 9 heteroatoms. The van der Waals surface area contributed by atoms with Crippen molar-refractivity contribution >= 4 is 0 Å². The Hall–Kier alpha value is -2.52. The number of likely N-dealkylation sites (tertiary alicyclic amines) is 1. The number of hydrogen-bond donors (Lipinski definition) is 1. The zero-order valence-corrected chi connectivity index (χ0v) is 14.0. The molecule has 1 fully saturated rings. The number of nitrogens with one attached hydrogen (secondary N) is 1. The fourth-order valence-corrected chi connectivity index (χ4v) is 3.04. The zero-order chi connectivity index (χ0) is 17.1. The highest BCUT2D eigenvalue weighted by molar-refractivity contribution is 5.44. The molecule has 1 N–H and O–H groups in total. The van der Waals surface area contributed by atoms with Crippen molar-refractivity contribution in [2.45, 2.75) is 38.9 Å². The summed E-state index contributed by atoms with van der Waals surface area (Å²) in [7, 11) is 0. The zero-order valence-electron chi connectivity index (χ0n) is 14.0. The van der Waals surface area contributed by atoms with Crippen LogP contribution in [0, 0.1) is 6.92 Å². The van der Waals surface area contributed by atoms with Gasteiger partial charge in [-0.25, -0.2) is 0 Å². The third-order valence-corrected chi connectivity index (χ3v) is 4.19. The molecule has 0 spiro atoms. The van der Waals surface area contributed by atoms with Gasteiger partial charge in [0.2, 0.25) is 17.6 Å². The van der Waals surface area contributed by atoms with Crippen LogP contribution < -0.4 is 5.32 Å². The number of furan rings is 1. The molecule has 0 amide bonds. The molecule has 9 nitrogen and oxygen atoms in total. The van der Waals surface area contributed by atoms with Gasteiger partial charge in [-0.15, -0.1) is 0 Å². The maximum Gasteiger partial charge on any atom is 0.241 e. The topological polar surface area (TPSA) is 106 Å². The molecule has 0 saturated carbocycles. The monoisotopic (exact) mass is 344 g/mol. The molecular weight excluding hydrogens is 324 g/mol. The highest BCUT2D eigenvalue weighted by atomic mass is 16.5. The third kappa shape index (κ3) is 3.94. The minimum Gasteiger partial charge on any atom is -0.461 e. The van der Waals surface area contributed by atoms with Gasteiger partial charge in [0.15, 0.2) is 11.6 Å². The fourth-order valence-electron chi connectivity index (χ4n) is 3.04. The molecule has 0 aromatic carbocycles. The molecule has 3 aromatic rings. The second-order valence-corrected chi connectivity index (χ2v) is 6.17. The molecule has 1 saturated heterocycles. The van der Waals surface area contributed by atoms with Crippen molar-refractivity contribution in [1.82, 2.24) is 30.5 Å². The van der Waals surface area contributed by atoms with E-state index >= 15 is 0 Å². The lowest BCUT2D eigenvalue weighted by molar-refractivity contribution is 0.174. The summed E-state index contributed by atoms with van der Waals surface area (Å²) in [6.45, 7) is 5.01. The summed E-state index contributed by atoms with van der Waals surface area (Å²) in [5.74, 6) is 2.97. The highest BCUT2D eigenvalue weighted by Crippen LogP contribution is 2.16. The van der Waals surface area contributed by atoms with E-state index in [2.05, 4.69) is 30.5 Å². The fraction of sp³-hybridized carbons (Fsp3) is 0.500. The van der Waals surface area contributed by atoms with Crippen LogP contribution in [0.4, 0.5) is 0 Å². The molecule has 4 heterocycles. The summed E-state index contributed by atoms with van der Waals surface area (Å²) in [5.41, 5.74) is 0. The highest BCUT2D eigenvalue weighted by Gasteiger charge is 2.22. The van der Waals surface area contributed by atoms with E-state index < -0.39 is 0 Å². The van der Waals surface area contributed by atoms with Gasteiger partial charge >= 0.3 is 0 Å². The van der Waals surface area contributed by atoms with Crippen molar-refractivity contribution in [3.8, 4) is 11.6 Å². The van der Waals surface area contributed by atoms with Gasteiger partial charge in [0.1, 0.15) is 0 Å². The van der Waals surface area contributed by atoms with E-state index in [-0.39, 0.29) is 0 Å². The van der Waals surface area contributed by atoms with Crippen LogP contribution in [0.25, 0.3) is 11.6 Å². The van der Waals surface area contributed by atoms with Crippen molar-refractivity contribution in [2.24, 2.45) is 0 Å². The molecule has 1 aliphatic heterocycles. The van der Waals surface area contributed by atoms with Crippen LogP contribution in [0.2, 0.25) is 0 Å². The Bertz CT molecular complexity index is 797. The molecule has 3 aromatic heterocycles. The van der Waals surface area contributed by atoms with Gasteiger partial charge in [-0.3, -0.25) is 4.90 Å². The molecule has 0 aliphatic carbocycles. The van der Waals surface area contributed by atoms with Crippen LogP contribution in [0.15, 0.2) is 31.9 Å². The first-order valence-electron chi connectivity index (χ1n) is 8.37. The quantitative estimate of drug-likeness (QED) is 0.716. The number of nitrogens with zero attached hydrogens (tertiary/aromatic N) is 5. The van der Waals surface area contributed by atoms with Gasteiger partial charge < -0.3 is 18.8 Å². The lowest BCUT2D eigenvalue weighted by Crippen LogP contribution is -2.45. The Balaban J connectivity index is 1.29. The molecule has 25 heavy (non-hydrogen) atoms. The van der Waals surface area contributed by atoms with E-state index in [1.807, 2.05) is 0 Å². The van der Waals surface area contributed by atoms with Crippen molar-refractivity contribution in [3.63, 3.8) is 0 Å². The number of rotatable bonds is 6. The van der Waals surface area contributed by atoms with Crippen LogP contribution >= 0.6 is 0 Å². The van der Waals surface area contributed by atoms with Crippen LogP contribution in [0.5, 0.6) is 0 Å². The second kappa shape index (κ2) is 7.16. The first-order chi connectivity index (χ1) is 12.3. The second-order valence-electron chi connectivity index (χ2n) is 6.17. The summed E-state index contributed by atoms with van der Waals surface area (Å²) in [6.07, 6.45) is 3.82. The smallest absolute Gasteiger partial charge is 0.241 e. The summed E-state index contributed by atoms with van der Waals surface area (Å²) < 4.78 is 15.6. The van der Waals surface area contributed by atoms with Crippen LogP contribution in [-0.4, -0.2) is 44.3 Å². The molecule has 132 valence electrons. The van der Waals surface area contributed by atoms with Crippen molar-refractivity contribution < 1.29 is 13.5 Å². The first-order valence-corrected chi connectivity index (χ1v) is 8.37. The minimum atomic E-state index is 0.362. The van der Waals surface area contributed by atoms with E-state index in [1.165, 1.54) is 0 Å². The van der Waals surface area contributed by atoms with Gasteiger partial charge in [-0.2, -0.15) is 9.97 Å². The summed E-state index contributed by atoms with van der Waals surface area (Å²) in [6, 6.07) is 3.97. The Kier molecular flexibility index (Phi) is 4.57. The number of piperidine rings is 1. The lowest BCUT2D eigenvalue weighted by Gasteiger charge is -2.32. The Labute approximate surface area is 144 Å². The maximum absolute atomic E-state index is 5.28. The van der Waals surface area contributed by atoms with Gasteiger partial charge in [0.25, 0.3) is 0 Å². The number of aryl methyl sites for hydroxylation is 1. The lowest BCUT2D eigenvalue weighted by atomic mass is 10.1. The average Bonchev–Trinajstić information content (AvgIpc) is 3.35. The predicted octanol–water partition coefficient (Wildman–Crippen LogP) is 1.78. The summed E-state index contributed by atoms with van der Waals surface area (Å²) >= 11 is 0. The summed E-state index contributed by atoms with van der Waals surface area (Å²) in [5, 5.41) is 11.4. The Morgan fingerprint density at radius 1 is 1.28 bits per heavy atom. The molecule has 0 radical (unpaired) electrons. The van der Waals surface area contributed by atoms with Gasteiger partial charge in [-0.05, 0) is 31.5 Å². The van der Waals surface area contributed by atoms with Crippen LogP contribution in [0.3, 0.4) is 0 Å². The Morgan fingerprint density at radius 3 is 3.04 bits per heavy atom. The summed E-state index contributed by atoms with van der Waals surface area (Å²) in [4.78, 5) is 10.9. The number of hydrogen-bond acceptors (Lipinski definition) is 9. The van der Waals surface area contributed by atoms with Crippen LogP contribution in [-0.2, 0) is 13.1 Å². The molecular formula is C16H20N6O3. The van der Waals surface area contributed by atoms with E-state index in [9.17, 15) is 0 Å². The van der Waals surface area contributed by atoms with Crippen molar-refractivity contribution in [3.05, 3.63) is 36.0 Å². The molecule has 0 bridgehead atoms. The standard InChI is InChI=1S/C16H20N6O3/c1-11-18-14(20-24-11)10-22-6-2-4-12(9-22)17-8-15-19-16(21-25-15)13-5-3-7-23-13/h3,5,7,12,17H,2,4,6,8-10H2,1H3. The SMILES string of the molecule is Cc1nc(CN2CCCC(NCc3nc(-c4ccco4)no3)C2)no1. The minimum absolute atomic E-state index is 0.362. The average molecular weight is 344 g/mol. The van der Waals surface area contributed by atoms with E-state index in [0.29, 0.717) is 42.5 Å². The molecule has 1 aliphatic rings. The van der Waals surface area contributed by atoms with Gasteiger partial charge in [-0.1, -0.05) is 10.3 Å². The van der Waals surface area contributed by atoms with Gasteiger partial charge in [0.05, 0.1) is 19.4 Å². The third-order valence-electron chi connectivity index (χ3n) is 4.19. The molecule has 1 unspecified atom stereocenters. The first kappa shape index (κ1) is 16.0.